The fourth-order valence-electron chi connectivity index (χ4n) is 1.56. The third-order valence-electron chi connectivity index (χ3n) is 2.58. The fourth-order valence-corrected chi connectivity index (χ4v) is 1.56. The molecule has 0 saturated carbocycles. The molecule has 0 unspecified atom stereocenters. The van der Waals surface area contributed by atoms with Crippen molar-refractivity contribution in [3.63, 3.8) is 0 Å². The van der Waals surface area contributed by atoms with Gasteiger partial charge in [-0.15, -0.1) is 0 Å². The molecular weight excluding hydrogens is 230 g/mol. The third-order valence-corrected chi connectivity index (χ3v) is 2.58. The topological polar surface area (TPSA) is 51.6 Å². The van der Waals surface area contributed by atoms with Crippen molar-refractivity contribution in [2.75, 3.05) is 7.11 Å². The Balaban J connectivity index is 2.02. The van der Waals surface area contributed by atoms with Crippen LogP contribution in [0.5, 0.6) is 11.5 Å². The summed E-state index contributed by atoms with van der Waals surface area (Å²) >= 11 is 0. The smallest absolute Gasteiger partial charge is 0.128 e. The Kier molecular flexibility index (Phi) is 4.15. The van der Waals surface area contributed by atoms with Crippen LogP contribution in [-0.2, 0) is 13.2 Å². The van der Waals surface area contributed by atoms with Crippen LogP contribution in [0.15, 0.2) is 42.7 Å². The van der Waals surface area contributed by atoms with Crippen LogP contribution in [-0.4, -0.2) is 17.2 Å². The van der Waals surface area contributed by atoms with Gasteiger partial charge in [-0.05, 0) is 23.8 Å². The van der Waals surface area contributed by atoms with Gasteiger partial charge in [0.1, 0.15) is 18.1 Å². The van der Waals surface area contributed by atoms with Crippen LogP contribution < -0.4 is 9.47 Å². The molecule has 0 aliphatic heterocycles. The van der Waals surface area contributed by atoms with Crippen LogP contribution in [0.25, 0.3) is 0 Å². The lowest BCUT2D eigenvalue weighted by Gasteiger charge is -2.09. The average molecular weight is 245 g/mol. The lowest BCUT2D eigenvalue weighted by molar-refractivity contribution is 0.258. The van der Waals surface area contributed by atoms with E-state index in [9.17, 15) is 0 Å². The number of aliphatic hydroxyl groups is 1. The highest BCUT2D eigenvalue weighted by Gasteiger charge is 2.02. The van der Waals surface area contributed by atoms with E-state index in [0.717, 1.165) is 11.3 Å². The Bertz CT molecular complexity index is 497. The molecule has 0 aliphatic carbocycles. The zero-order valence-electron chi connectivity index (χ0n) is 10.2. The summed E-state index contributed by atoms with van der Waals surface area (Å²) in [5, 5.41) is 9.15. The lowest BCUT2D eigenvalue weighted by Crippen LogP contribution is -1.99. The highest BCUT2D eigenvalue weighted by molar-refractivity contribution is 5.31. The van der Waals surface area contributed by atoms with Crippen LogP contribution >= 0.6 is 0 Å². The molecule has 18 heavy (non-hydrogen) atoms. The van der Waals surface area contributed by atoms with E-state index in [1.807, 2.05) is 24.3 Å². The summed E-state index contributed by atoms with van der Waals surface area (Å²) in [6.45, 7) is 0.368. The molecule has 0 radical (unpaired) electrons. The minimum Gasteiger partial charge on any atom is -0.497 e. The van der Waals surface area contributed by atoms with E-state index in [4.69, 9.17) is 14.6 Å². The van der Waals surface area contributed by atoms with Crippen molar-refractivity contribution < 1.29 is 14.6 Å². The van der Waals surface area contributed by atoms with Gasteiger partial charge in [-0.25, -0.2) is 0 Å². The highest BCUT2D eigenvalue weighted by atomic mass is 16.5. The predicted octanol–water partition coefficient (Wildman–Crippen LogP) is 2.16. The van der Waals surface area contributed by atoms with Gasteiger partial charge in [0.05, 0.1) is 13.7 Å². The number of rotatable bonds is 5. The van der Waals surface area contributed by atoms with E-state index in [0.29, 0.717) is 17.9 Å². The maximum absolute atomic E-state index is 9.15. The molecule has 0 spiro atoms. The molecule has 1 heterocycles. The van der Waals surface area contributed by atoms with E-state index in [-0.39, 0.29) is 6.61 Å². The van der Waals surface area contributed by atoms with Crippen LogP contribution in [0.4, 0.5) is 0 Å². The maximum atomic E-state index is 9.15. The number of aliphatic hydroxyl groups excluding tert-OH is 1. The predicted molar refractivity (Wildman–Crippen MR) is 67.5 cm³/mol. The Morgan fingerprint density at radius 1 is 1.17 bits per heavy atom. The van der Waals surface area contributed by atoms with Crippen LogP contribution in [0.2, 0.25) is 0 Å². The zero-order valence-corrected chi connectivity index (χ0v) is 10.2. The van der Waals surface area contributed by atoms with Gasteiger partial charge in [0.2, 0.25) is 0 Å². The number of aromatic nitrogens is 1. The number of methoxy groups -OCH3 is 1. The largest absolute Gasteiger partial charge is 0.497 e. The first-order valence-corrected chi connectivity index (χ1v) is 5.63. The Morgan fingerprint density at radius 2 is 1.94 bits per heavy atom. The second-order valence-corrected chi connectivity index (χ2v) is 3.78. The molecule has 0 aliphatic rings. The van der Waals surface area contributed by atoms with Crippen molar-refractivity contribution in [3.05, 3.63) is 53.9 Å². The molecule has 1 aromatic carbocycles. The van der Waals surface area contributed by atoms with E-state index >= 15 is 0 Å². The summed E-state index contributed by atoms with van der Waals surface area (Å²) in [5.41, 5.74) is 1.72. The Labute approximate surface area is 106 Å². The minimum atomic E-state index is -0.0776. The second-order valence-electron chi connectivity index (χ2n) is 3.78. The Hall–Kier alpha value is -2.07. The van der Waals surface area contributed by atoms with Gasteiger partial charge in [-0.1, -0.05) is 12.1 Å². The van der Waals surface area contributed by atoms with Gasteiger partial charge < -0.3 is 14.6 Å². The van der Waals surface area contributed by atoms with E-state index in [1.54, 1.807) is 25.6 Å². The quantitative estimate of drug-likeness (QED) is 0.877. The molecule has 0 saturated heterocycles. The third kappa shape index (κ3) is 2.99. The van der Waals surface area contributed by atoms with Crippen molar-refractivity contribution >= 4 is 0 Å². The van der Waals surface area contributed by atoms with E-state index in [1.165, 1.54) is 0 Å². The lowest BCUT2D eigenvalue weighted by atomic mass is 10.2. The van der Waals surface area contributed by atoms with Crippen LogP contribution in [0.1, 0.15) is 11.1 Å². The molecule has 2 aromatic rings. The molecule has 94 valence electrons. The first kappa shape index (κ1) is 12.4. The number of pyridine rings is 1. The molecule has 0 fully saturated rings. The van der Waals surface area contributed by atoms with Crippen molar-refractivity contribution in [1.82, 2.24) is 4.98 Å². The number of ether oxygens (including phenoxy) is 2. The van der Waals surface area contributed by atoms with Gasteiger partial charge in [0, 0.05) is 18.0 Å². The monoisotopic (exact) mass is 245 g/mol. The SMILES string of the molecule is COc1ccc(COc2ccncc2CO)cc1. The van der Waals surface area contributed by atoms with E-state index in [2.05, 4.69) is 4.98 Å². The first-order valence-electron chi connectivity index (χ1n) is 5.63. The van der Waals surface area contributed by atoms with Gasteiger partial charge in [-0.2, -0.15) is 0 Å². The van der Waals surface area contributed by atoms with Crippen molar-refractivity contribution in [3.8, 4) is 11.5 Å². The molecule has 4 heteroatoms. The number of hydrogen-bond donors (Lipinski definition) is 1. The van der Waals surface area contributed by atoms with Gasteiger partial charge in [-0.3, -0.25) is 4.98 Å². The minimum absolute atomic E-state index is 0.0776. The van der Waals surface area contributed by atoms with Gasteiger partial charge in [0.25, 0.3) is 0 Å². The van der Waals surface area contributed by atoms with E-state index < -0.39 is 0 Å². The molecule has 1 N–H and O–H groups in total. The molecule has 0 atom stereocenters. The first-order chi connectivity index (χ1) is 8.83. The van der Waals surface area contributed by atoms with Gasteiger partial charge in [0.15, 0.2) is 0 Å². The summed E-state index contributed by atoms with van der Waals surface area (Å²) in [6, 6.07) is 9.41. The van der Waals surface area contributed by atoms with Gasteiger partial charge >= 0.3 is 0 Å². The molecule has 0 amide bonds. The summed E-state index contributed by atoms with van der Waals surface area (Å²) in [5.74, 6) is 1.47. The summed E-state index contributed by atoms with van der Waals surface area (Å²) in [7, 11) is 1.63. The normalized spacial score (nSPS) is 10.1. The van der Waals surface area contributed by atoms with Crippen LogP contribution in [0, 0.1) is 0 Å². The fraction of sp³-hybridized carbons (Fsp3) is 0.214. The van der Waals surface area contributed by atoms with Crippen molar-refractivity contribution in [1.29, 1.82) is 0 Å². The number of benzene rings is 1. The van der Waals surface area contributed by atoms with Crippen molar-refractivity contribution in [2.24, 2.45) is 0 Å². The number of nitrogens with zero attached hydrogens (tertiary/aromatic N) is 1. The molecule has 2 rings (SSSR count). The average Bonchev–Trinajstić information content (AvgIpc) is 2.46. The summed E-state index contributed by atoms with van der Waals surface area (Å²) in [4.78, 5) is 3.94. The highest BCUT2D eigenvalue weighted by Crippen LogP contribution is 2.19. The Morgan fingerprint density at radius 3 is 2.61 bits per heavy atom. The number of hydrogen-bond acceptors (Lipinski definition) is 4. The standard InChI is InChI=1S/C14H15NO3/c1-17-13-4-2-11(3-5-13)10-18-14-6-7-15-8-12(14)9-16/h2-8,16H,9-10H2,1H3. The summed E-state index contributed by atoms with van der Waals surface area (Å²) in [6.07, 6.45) is 3.24. The van der Waals surface area contributed by atoms with Crippen molar-refractivity contribution in [2.45, 2.75) is 13.2 Å². The molecule has 0 bridgehead atoms. The summed E-state index contributed by atoms with van der Waals surface area (Å²) < 4.78 is 10.7. The zero-order chi connectivity index (χ0) is 12.8. The molecular formula is C14H15NO3. The molecule has 4 nitrogen and oxygen atoms in total. The molecule has 1 aromatic heterocycles. The van der Waals surface area contributed by atoms with Crippen LogP contribution in [0.3, 0.4) is 0 Å². The second kappa shape index (κ2) is 6.02. The maximum Gasteiger partial charge on any atom is 0.128 e.